The zero-order valence-electron chi connectivity index (χ0n) is 16.2. The minimum absolute atomic E-state index is 0.236. The second kappa shape index (κ2) is 9.21. The molecule has 2 heterocycles. The molecule has 0 bridgehead atoms. The summed E-state index contributed by atoms with van der Waals surface area (Å²) in [5, 5.41) is 3.39. The Balaban J connectivity index is 1.52. The number of morpholine rings is 1. The molecule has 2 atom stereocenters. The minimum Gasteiger partial charge on any atom is -0.372 e. The summed E-state index contributed by atoms with van der Waals surface area (Å²) < 4.78 is 5.79. The van der Waals surface area contributed by atoms with Gasteiger partial charge >= 0.3 is 0 Å². The molecule has 2 unspecified atom stereocenters. The number of nitrogens with two attached hydrogens (primary N) is 1. The van der Waals surface area contributed by atoms with Crippen LogP contribution in [0.25, 0.3) is 0 Å². The van der Waals surface area contributed by atoms with Gasteiger partial charge in [0.2, 0.25) is 0 Å². The van der Waals surface area contributed by atoms with Crippen molar-refractivity contribution < 1.29 is 4.74 Å². The van der Waals surface area contributed by atoms with Crippen LogP contribution >= 0.6 is 0 Å². The van der Waals surface area contributed by atoms with Crippen molar-refractivity contribution in [3.05, 3.63) is 23.9 Å². The van der Waals surface area contributed by atoms with Crippen molar-refractivity contribution in [2.75, 3.05) is 18.0 Å². The number of anilines is 1. The normalized spacial score (nSPS) is 25.8. The third-order valence-electron chi connectivity index (χ3n) is 5.19. The van der Waals surface area contributed by atoms with Gasteiger partial charge in [-0.15, -0.1) is 0 Å². The van der Waals surface area contributed by atoms with Crippen LogP contribution in [0.4, 0.5) is 5.82 Å². The van der Waals surface area contributed by atoms with Gasteiger partial charge in [0.1, 0.15) is 5.82 Å². The maximum atomic E-state index is 6.08. The molecule has 144 valence electrons. The molecule has 0 radical (unpaired) electrons. The van der Waals surface area contributed by atoms with Crippen LogP contribution in [-0.2, 0) is 11.3 Å². The molecule has 2 aliphatic rings. The summed E-state index contributed by atoms with van der Waals surface area (Å²) in [5.74, 6) is 1.56. The quantitative estimate of drug-likeness (QED) is 0.491. The maximum absolute atomic E-state index is 6.08. The minimum atomic E-state index is 0.236. The van der Waals surface area contributed by atoms with Crippen LogP contribution in [-0.4, -0.2) is 42.3 Å². The molecule has 0 aromatic carbocycles. The van der Waals surface area contributed by atoms with Gasteiger partial charge in [-0.05, 0) is 38.3 Å². The molecule has 1 aliphatic carbocycles. The number of hydrogen-bond donors (Lipinski definition) is 2. The van der Waals surface area contributed by atoms with E-state index in [1.807, 2.05) is 6.20 Å². The first-order valence-corrected chi connectivity index (χ1v) is 10.0. The van der Waals surface area contributed by atoms with Crippen LogP contribution in [0.15, 0.2) is 23.3 Å². The predicted octanol–water partition coefficient (Wildman–Crippen LogP) is 2.82. The highest BCUT2D eigenvalue weighted by atomic mass is 16.5. The van der Waals surface area contributed by atoms with Crippen molar-refractivity contribution in [1.29, 1.82) is 0 Å². The van der Waals surface area contributed by atoms with Crippen LogP contribution in [0.2, 0.25) is 0 Å². The largest absolute Gasteiger partial charge is 0.372 e. The standard InChI is InChI=1S/C20H33N5O/c1-15-13-25(14-16(2)26-15)19-10-9-17(11-22-19)12-23-20(21)24-18-7-5-3-4-6-8-18/h9-11,15-16,18H,3-8,12-14H2,1-2H3,(H3,21,23,24). The molecule has 2 fully saturated rings. The third-order valence-corrected chi connectivity index (χ3v) is 5.19. The van der Waals surface area contributed by atoms with Crippen LogP contribution in [0, 0.1) is 0 Å². The molecule has 1 aliphatic heterocycles. The fourth-order valence-electron chi connectivity index (χ4n) is 3.92. The average molecular weight is 360 g/mol. The Bertz CT molecular complexity index is 570. The second-order valence-corrected chi connectivity index (χ2v) is 7.72. The van der Waals surface area contributed by atoms with Gasteiger partial charge in [-0.2, -0.15) is 0 Å². The van der Waals surface area contributed by atoms with Gasteiger partial charge in [0.25, 0.3) is 0 Å². The van der Waals surface area contributed by atoms with E-state index in [4.69, 9.17) is 10.5 Å². The van der Waals surface area contributed by atoms with Crippen LogP contribution in [0.5, 0.6) is 0 Å². The molecular weight excluding hydrogens is 326 g/mol. The number of aliphatic imine (C=N–C) groups is 1. The van der Waals surface area contributed by atoms with Crippen molar-refractivity contribution in [3.8, 4) is 0 Å². The van der Waals surface area contributed by atoms with Gasteiger partial charge in [0.15, 0.2) is 5.96 Å². The maximum Gasteiger partial charge on any atom is 0.189 e. The topological polar surface area (TPSA) is 75.8 Å². The number of nitrogens with one attached hydrogen (secondary N) is 1. The van der Waals surface area contributed by atoms with E-state index in [2.05, 4.69) is 46.2 Å². The SMILES string of the molecule is CC1CN(c2ccc(CN=C(N)NC3CCCCCC3)cn2)CC(C)O1. The van der Waals surface area contributed by atoms with Crippen molar-refractivity contribution in [2.24, 2.45) is 10.7 Å². The van der Waals surface area contributed by atoms with Gasteiger partial charge in [-0.25, -0.2) is 9.98 Å². The van der Waals surface area contributed by atoms with E-state index < -0.39 is 0 Å². The Morgan fingerprint density at radius 2 is 1.88 bits per heavy atom. The number of guanidine groups is 1. The number of rotatable bonds is 4. The first-order chi connectivity index (χ1) is 12.6. The first-order valence-electron chi connectivity index (χ1n) is 10.0. The molecular formula is C20H33N5O. The number of pyridine rings is 1. The van der Waals surface area contributed by atoms with E-state index in [-0.39, 0.29) is 12.2 Å². The fraction of sp³-hybridized carbons (Fsp3) is 0.700. The second-order valence-electron chi connectivity index (χ2n) is 7.72. The van der Waals surface area contributed by atoms with Crippen LogP contribution in [0.3, 0.4) is 0 Å². The summed E-state index contributed by atoms with van der Waals surface area (Å²) in [6.07, 6.45) is 10.0. The molecule has 3 rings (SSSR count). The Kier molecular flexibility index (Phi) is 6.72. The summed E-state index contributed by atoms with van der Waals surface area (Å²) >= 11 is 0. The van der Waals surface area contributed by atoms with Crippen molar-refractivity contribution in [3.63, 3.8) is 0 Å². The molecule has 0 spiro atoms. The highest BCUT2D eigenvalue weighted by Crippen LogP contribution is 2.19. The van der Waals surface area contributed by atoms with Crippen molar-refractivity contribution >= 4 is 11.8 Å². The predicted molar refractivity (Wildman–Crippen MR) is 106 cm³/mol. The summed E-state index contributed by atoms with van der Waals surface area (Å²) in [6, 6.07) is 4.65. The van der Waals surface area contributed by atoms with E-state index in [9.17, 15) is 0 Å². The van der Waals surface area contributed by atoms with Gasteiger partial charge in [-0.3, -0.25) is 0 Å². The smallest absolute Gasteiger partial charge is 0.189 e. The highest BCUT2D eigenvalue weighted by Gasteiger charge is 2.22. The van der Waals surface area contributed by atoms with Crippen LogP contribution < -0.4 is 16.0 Å². The van der Waals surface area contributed by atoms with Gasteiger partial charge < -0.3 is 20.7 Å². The van der Waals surface area contributed by atoms with E-state index >= 15 is 0 Å². The number of nitrogens with zero attached hydrogens (tertiary/aromatic N) is 3. The first kappa shape index (κ1) is 19.0. The summed E-state index contributed by atoms with van der Waals surface area (Å²) in [4.78, 5) is 11.4. The molecule has 1 saturated heterocycles. The molecule has 6 heteroatoms. The van der Waals surface area contributed by atoms with Crippen LogP contribution in [0.1, 0.15) is 57.9 Å². The fourth-order valence-corrected chi connectivity index (χ4v) is 3.92. The summed E-state index contributed by atoms with van der Waals surface area (Å²) in [5.41, 5.74) is 7.15. The molecule has 0 amide bonds. The monoisotopic (exact) mass is 359 g/mol. The lowest BCUT2D eigenvalue weighted by molar-refractivity contribution is -0.00545. The van der Waals surface area contributed by atoms with Gasteiger partial charge in [-0.1, -0.05) is 31.7 Å². The Hall–Kier alpha value is -1.82. The molecule has 3 N–H and O–H groups in total. The lowest BCUT2D eigenvalue weighted by atomic mass is 10.1. The van der Waals surface area contributed by atoms with E-state index in [1.165, 1.54) is 38.5 Å². The number of hydrogen-bond acceptors (Lipinski definition) is 4. The van der Waals surface area contributed by atoms with Crippen molar-refractivity contribution in [1.82, 2.24) is 10.3 Å². The zero-order valence-corrected chi connectivity index (χ0v) is 16.2. The average Bonchev–Trinajstić information content (AvgIpc) is 2.88. The molecule has 6 nitrogen and oxygen atoms in total. The molecule has 1 aromatic heterocycles. The Morgan fingerprint density at radius 3 is 2.50 bits per heavy atom. The lowest BCUT2D eigenvalue weighted by Crippen LogP contribution is -2.45. The third kappa shape index (κ3) is 5.59. The van der Waals surface area contributed by atoms with Crippen molar-refractivity contribution in [2.45, 2.75) is 77.2 Å². The molecule has 26 heavy (non-hydrogen) atoms. The summed E-state index contributed by atoms with van der Waals surface area (Å²) in [7, 11) is 0. The van der Waals surface area contributed by atoms with Gasteiger partial charge in [0.05, 0.1) is 18.8 Å². The molecule has 1 aromatic rings. The zero-order chi connectivity index (χ0) is 18.4. The highest BCUT2D eigenvalue weighted by molar-refractivity contribution is 5.78. The van der Waals surface area contributed by atoms with E-state index in [0.29, 0.717) is 18.5 Å². The summed E-state index contributed by atoms with van der Waals surface area (Å²) in [6.45, 7) is 6.54. The van der Waals surface area contributed by atoms with E-state index in [0.717, 1.165) is 24.5 Å². The number of ether oxygens (including phenoxy) is 1. The molecule has 1 saturated carbocycles. The van der Waals surface area contributed by atoms with E-state index in [1.54, 1.807) is 0 Å². The lowest BCUT2D eigenvalue weighted by Gasteiger charge is -2.36. The Morgan fingerprint density at radius 1 is 1.19 bits per heavy atom. The van der Waals surface area contributed by atoms with Gasteiger partial charge in [0, 0.05) is 25.3 Å². The number of aromatic nitrogens is 1. The Labute approximate surface area is 157 Å².